The SMILES string of the molecule is COc1cc([C@@H]2/C(=C(\O)c3cnn(-c4ccccc4)c3C)C(=O)C(=O)N2CCCN2CCOCC2)cc(OC)c1OC. The number of benzene rings is 2. The van der Waals surface area contributed by atoms with Crippen LogP contribution in [0, 0.1) is 6.92 Å². The maximum Gasteiger partial charge on any atom is 0.295 e. The van der Waals surface area contributed by atoms with Gasteiger partial charge in [-0.05, 0) is 43.2 Å². The summed E-state index contributed by atoms with van der Waals surface area (Å²) >= 11 is 0. The van der Waals surface area contributed by atoms with Crippen LogP contribution in [-0.4, -0.2) is 97.1 Å². The average Bonchev–Trinajstić information content (AvgIpc) is 3.53. The molecule has 3 heterocycles. The molecule has 1 amide bonds. The molecule has 11 nitrogen and oxygen atoms in total. The number of carbonyl (C=O) groups excluding carboxylic acids is 2. The van der Waals surface area contributed by atoms with Gasteiger partial charge < -0.3 is 29.0 Å². The maximum atomic E-state index is 13.6. The zero-order chi connectivity index (χ0) is 29.8. The van der Waals surface area contributed by atoms with E-state index in [1.54, 1.807) is 16.8 Å². The van der Waals surface area contributed by atoms with Gasteiger partial charge in [0, 0.05) is 26.2 Å². The number of para-hydroxylation sites is 1. The number of hydrogen-bond acceptors (Lipinski definition) is 9. The second kappa shape index (κ2) is 12.7. The number of ketones is 1. The largest absolute Gasteiger partial charge is 0.507 e. The Kier molecular flexibility index (Phi) is 8.79. The lowest BCUT2D eigenvalue weighted by Crippen LogP contribution is -2.39. The Morgan fingerprint density at radius 3 is 2.29 bits per heavy atom. The topological polar surface area (TPSA) is 116 Å². The number of aromatic nitrogens is 2. The summed E-state index contributed by atoms with van der Waals surface area (Å²) in [4.78, 5) is 31.0. The van der Waals surface area contributed by atoms with Crippen LogP contribution < -0.4 is 14.2 Å². The molecule has 0 spiro atoms. The van der Waals surface area contributed by atoms with Crippen molar-refractivity contribution in [1.82, 2.24) is 19.6 Å². The molecule has 2 saturated heterocycles. The molecule has 1 N–H and O–H groups in total. The van der Waals surface area contributed by atoms with E-state index in [0.717, 1.165) is 25.3 Å². The van der Waals surface area contributed by atoms with E-state index < -0.39 is 17.7 Å². The summed E-state index contributed by atoms with van der Waals surface area (Å²) in [5.41, 5.74) is 2.32. The molecule has 3 aromatic rings. The van der Waals surface area contributed by atoms with Crippen LogP contribution in [0.5, 0.6) is 17.2 Å². The predicted octanol–water partition coefficient (Wildman–Crippen LogP) is 3.35. The van der Waals surface area contributed by atoms with Crippen LogP contribution in [-0.2, 0) is 14.3 Å². The van der Waals surface area contributed by atoms with Gasteiger partial charge in [-0.15, -0.1) is 0 Å². The minimum atomic E-state index is -0.886. The van der Waals surface area contributed by atoms with Crippen molar-refractivity contribution >= 4 is 17.4 Å². The van der Waals surface area contributed by atoms with Crippen LogP contribution in [0.15, 0.2) is 54.2 Å². The number of aliphatic hydroxyl groups is 1. The van der Waals surface area contributed by atoms with Crippen LogP contribution in [0.3, 0.4) is 0 Å². The molecule has 2 fully saturated rings. The molecule has 2 aliphatic heterocycles. The van der Waals surface area contributed by atoms with E-state index in [-0.39, 0.29) is 11.3 Å². The summed E-state index contributed by atoms with van der Waals surface area (Å²) in [5.74, 6) is -0.594. The minimum Gasteiger partial charge on any atom is -0.507 e. The van der Waals surface area contributed by atoms with Gasteiger partial charge in [-0.1, -0.05) is 18.2 Å². The Balaban J connectivity index is 1.59. The van der Waals surface area contributed by atoms with E-state index in [2.05, 4.69) is 10.00 Å². The molecule has 42 heavy (non-hydrogen) atoms. The third kappa shape index (κ3) is 5.45. The normalized spacial score (nSPS) is 18.9. The molecule has 11 heteroatoms. The van der Waals surface area contributed by atoms with Crippen LogP contribution in [0.2, 0.25) is 0 Å². The van der Waals surface area contributed by atoms with Gasteiger partial charge in [0.25, 0.3) is 11.7 Å². The van der Waals surface area contributed by atoms with Crippen molar-refractivity contribution in [2.75, 3.05) is 60.7 Å². The lowest BCUT2D eigenvalue weighted by molar-refractivity contribution is -0.140. The highest BCUT2D eigenvalue weighted by Gasteiger charge is 2.46. The highest BCUT2D eigenvalue weighted by Crippen LogP contribution is 2.46. The van der Waals surface area contributed by atoms with E-state index in [4.69, 9.17) is 18.9 Å². The molecule has 0 aliphatic carbocycles. The Labute approximate surface area is 244 Å². The van der Waals surface area contributed by atoms with Gasteiger partial charge in [0.15, 0.2) is 11.5 Å². The van der Waals surface area contributed by atoms with Gasteiger partial charge in [0.1, 0.15) is 5.76 Å². The fourth-order valence-electron chi connectivity index (χ4n) is 5.62. The quantitative estimate of drug-likeness (QED) is 0.220. The molecule has 2 aromatic carbocycles. The Hall–Kier alpha value is -4.35. The zero-order valence-corrected chi connectivity index (χ0v) is 24.3. The maximum absolute atomic E-state index is 13.6. The predicted molar refractivity (Wildman–Crippen MR) is 155 cm³/mol. The van der Waals surface area contributed by atoms with Crippen molar-refractivity contribution in [1.29, 1.82) is 0 Å². The number of amides is 1. The van der Waals surface area contributed by atoms with Crippen LogP contribution in [0.1, 0.15) is 29.3 Å². The first-order valence-corrected chi connectivity index (χ1v) is 13.9. The summed E-state index contributed by atoms with van der Waals surface area (Å²) in [6.07, 6.45) is 2.15. The summed E-state index contributed by atoms with van der Waals surface area (Å²) in [6.45, 7) is 5.85. The monoisotopic (exact) mass is 576 g/mol. The van der Waals surface area contributed by atoms with Gasteiger partial charge in [0.05, 0.1) is 69.3 Å². The summed E-state index contributed by atoms with van der Waals surface area (Å²) in [5, 5.41) is 16.2. The molecule has 1 atom stereocenters. The fraction of sp³-hybridized carbons (Fsp3) is 0.387. The molecule has 0 unspecified atom stereocenters. The number of nitrogens with zero attached hydrogens (tertiary/aromatic N) is 4. The number of Topliss-reactive ketones (excluding diaryl/α,β-unsaturated/α-hetero) is 1. The van der Waals surface area contributed by atoms with Crippen molar-refractivity contribution in [2.45, 2.75) is 19.4 Å². The van der Waals surface area contributed by atoms with Crippen molar-refractivity contribution in [3.63, 3.8) is 0 Å². The van der Waals surface area contributed by atoms with Crippen molar-refractivity contribution in [2.24, 2.45) is 0 Å². The van der Waals surface area contributed by atoms with E-state index in [1.165, 1.54) is 32.4 Å². The van der Waals surface area contributed by atoms with Crippen LogP contribution >= 0.6 is 0 Å². The number of aliphatic hydroxyl groups excluding tert-OH is 1. The number of methoxy groups -OCH3 is 3. The average molecular weight is 577 g/mol. The van der Waals surface area contributed by atoms with E-state index in [1.807, 2.05) is 37.3 Å². The molecule has 5 rings (SSSR count). The van der Waals surface area contributed by atoms with Gasteiger partial charge in [-0.3, -0.25) is 14.5 Å². The molecular formula is C31H36N4O7. The second-order valence-electron chi connectivity index (χ2n) is 10.1. The summed E-state index contributed by atoms with van der Waals surface area (Å²) in [6, 6.07) is 12.0. The molecule has 1 aromatic heterocycles. The Bertz CT molecular complexity index is 1450. The first kappa shape index (κ1) is 29.2. The number of likely N-dealkylation sites (tertiary alicyclic amines) is 1. The second-order valence-corrected chi connectivity index (χ2v) is 10.1. The Morgan fingerprint density at radius 2 is 1.67 bits per heavy atom. The number of morpholine rings is 1. The highest BCUT2D eigenvalue weighted by molar-refractivity contribution is 6.46. The third-order valence-corrected chi connectivity index (χ3v) is 7.79. The van der Waals surface area contributed by atoms with E-state index in [0.29, 0.717) is 60.2 Å². The van der Waals surface area contributed by atoms with Gasteiger partial charge >= 0.3 is 0 Å². The van der Waals surface area contributed by atoms with Gasteiger partial charge in [-0.25, -0.2) is 4.68 Å². The fourth-order valence-corrected chi connectivity index (χ4v) is 5.62. The van der Waals surface area contributed by atoms with Crippen LogP contribution in [0.25, 0.3) is 11.4 Å². The van der Waals surface area contributed by atoms with Gasteiger partial charge in [0.2, 0.25) is 5.75 Å². The lowest BCUT2D eigenvalue weighted by atomic mass is 9.94. The molecule has 222 valence electrons. The molecule has 0 radical (unpaired) electrons. The van der Waals surface area contributed by atoms with Crippen molar-refractivity contribution < 1.29 is 33.6 Å². The number of rotatable bonds is 10. The standard InChI is InChI=1S/C31H36N4O7/c1-20-23(19-32-35(20)22-9-6-5-7-10-22)28(36)26-27(21-17-24(39-2)30(41-4)25(18-21)40-3)34(31(38)29(26)37)12-8-11-33-13-15-42-16-14-33/h5-7,9-10,17-19,27,36H,8,11-16H2,1-4H3/b28-26+/t27-/m1/s1. The highest BCUT2D eigenvalue weighted by atomic mass is 16.5. The minimum absolute atomic E-state index is 0.0173. The zero-order valence-electron chi connectivity index (χ0n) is 24.3. The number of carbonyl (C=O) groups is 2. The van der Waals surface area contributed by atoms with E-state index in [9.17, 15) is 14.7 Å². The van der Waals surface area contributed by atoms with Gasteiger partial charge in [-0.2, -0.15) is 5.10 Å². The van der Waals surface area contributed by atoms with Crippen molar-refractivity contribution in [3.8, 4) is 22.9 Å². The van der Waals surface area contributed by atoms with Crippen LogP contribution in [0.4, 0.5) is 0 Å². The number of hydrogen-bond donors (Lipinski definition) is 1. The summed E-state index contributed by atoms with van der Waals surface area (Å²) < 4.78 is 23.8. The first-order valence-electron chi connectivity index (χ1n) is 13.9. The first-order chi connectivity index (χ1) is 20.4. The smallest absolute Gasteiger partial charge is 0.295 e. The molecule has 2 aliphatic rings. The number of ether oxygens (including phenoxy) is 4. The molecular weight excluding hydrogens is 540 g/mol. The Morgan fingerprint density at radius 1 is 1.00 bits per heavy atom. The molecule has 0 bridgehead atoms. The van der Waals surface area contributed by atoms with Crippen molar-refractivity contribution in [3.05, 3.63) is 71.1 Å². The lowest BCUT2D eigenvalue weighted by Gasteiger charge is -2.29. The van der Waals surface area contributed by atoms with E-state index >= 15 is 0 Å². The molecule has 0 saturated carbocycles. The summed E-state index contributed by atoms with van der Waals surface area (Å²) in [7, 11) is 4.51. The third-order valence-electron chi connectivity index (χ3n) is 7.79.